The van der Waals surface area contributed by atoms with Gasteiger partial charge in [0.05, 0.1) is 30.0 Å². The van der Waals surface area contributed by atoms with E-state index in [0.29, 0.717) is 56.8 Å². The zero-order chi connectivity index (χ0) is 33.4. The molecule has 4 rings (SSSR count). The van der Waals surface area contributed by atoms with Gasteiger partial charge in [0.2, 0.25) is 0 Å². The molecule has 0 saturated carbocycles. The number of nitrogens with one attached hydrogen (secondary N) is 2. The van der Waals surface area contributed by atoms with Gasteiger partial charge in [-0.2, -0.15) is 0 Å². The lowest BCUT2D eigenvalue weighted by Gasteiger charge is -2.26. The summed E-state index contributed by atoms with van der Waals surface area (Å²) in [6.07, 6.45) is -1.51. The summed E-state index contributed by atoms with van der Waals surface area (Å²) in [5, 5.41) is 64.1. The van der Waals surface area contributed by atoms with Crippen molar-refractivity contribution >= 4 is 11.8 Å². The number of aliphatic hydroxyl groups is 4. The third-order valence-electron chi connectivity index (χ3n) is 7.77. The summed E-state index contributed by atoms with van der Waals surface area (Å²) in [4.78, 5) is 34.5. The van der Waals surface area contributed by atoms with Gasteiger partial charge < -0.3 is 41.3 Å². The first kappa shape index (κ1) is 34.8. The Balaban J connectivity index is 1.56. The second-order valence-electron chi connectivity index (χ2n) is 11.7. The van der Waals surface area contributed by atoms with Crippen molar-refractivity contribution in [3.63, 3.8) is 0 Å². The lowest BCUT2D eigenvalue weighted by atomic mass is 10.0. The number of amides is 2. The van der Waals surface area contributed by atoms with Crippen molar-refractivity contribution in [1.29, 1.82) is 0 Å². The van der Waals surface area contributed by atoms with Crippen LogP contribution in [-0.2, 0) is 26.1 Å². The van der Waals surface area contributed by atoms with Crippen LogP contribution in [0.3, 0.4) is 0 Å². The molecule has 2 aromatic carbocycles. The van der Waals surface area contributed by atoms with Crippen molar-refractivity contribution in [2.75, 3.05) is 32.8 Å². The highest BCUT2D eigenvalue weighted by molar-refractivity contribution is 5.98. The fourth-order valence-corrected chi connectivity index (χ4v) is 5.59. The second kappa shape index (κ2) is 15.9. The number of benzene rings is 2. The fraction of sp³-hybridized carbons (Fsp3) is 0.424. The number of nitrogens with zero attached hydrogens (tertiary/aromatic N) is 3. The van der Waals surface area contributed by atoms with Gasteiger partial charge in [-0.25, -0.2) is 0 Å². The predicted octanol–water partition coefficient (Wildman–Crippen LogP) is 0.641. The van der Waals surface area contributed by atoms with Gasteiger partial charge in [-0.15, -0.1) is 0 Å². The second-order valence-corrected chi connectivity index (χ2v) is 11.7. The van der Waals surface area contributed by atoms with E-state index in [1.807, 2.05) is 44.2 Å². The number of hydrogen-bond acceptors (Lipinski definition) is 11. The predicted molar refractivity (Wildman–Crippen MR) is 169 cm³/mol. The van der Waals surface area contributed by atoms with Crippen LogP contribution < -0.4 is 10.6 Å². The maximum Gasteiger partial charge on any atom is 0.257 e. The first-order valence-electron chi connectivity index (χ1n) is 15.2. The maximum absolute atomic E-state index is 12.7. The zero-order valence-electron chi connectivity index (χ0n) is 26.1. The summed E-state index contributed by atoms with van der Waals surface area (Å²) in [7, 11) is 0. The van der Waals surface area contributed by atoms with Crippen LogP contribution in [0.1, 0.15) is 60.8 Å². The van der Waals surface area contributed by atoms with E-state index in [1.54, 1.807) is 0 Å². The molecule has 1 aliphatic heterocycles. The summed E-state index contributed by atoms with van der Waals surface area (Å²) in [5.41, 5.74) is 4.37. The van der Waals surface area contributed by atoms with Crippen LogP contribution >= 0.6 is 0 Å². The number of aryl methyl sites for hydroxylation is 2. The Morgan fingerprint density at radius 1 is 0.783 bits per heavy atom. The van der Waals surface area contributed by atoms with Gasteiger partial charge in [-0.05, 0) is 62.2 Å². The summed E-state index contributed by atoms with van der Waals surface area (Å²) >= 11 is 0. The monoisotopic (exact) mass is 637 g/mol. The molecule has 0 spiro atoms. The Bertz CT molecular complexity index is 1530. The van der Waals surface area contributed by atoms with Crippen LogP contribution in [0, 0.1) is 13.8 Å². The van der Waals surface area contributed by atoms with Crippen molar-refractivity contribution in [2.24, 2.45) is 0 Å². The van der Waals surface area contributed by atoms with Gasteiger partial charge in [0.15, 0.2) is 0 Å². The number of phenols is 2. The van der Waals surface area contributed by atoms with Crippen LogP contribution in [0.4, 0.5) is 0 Å². The normalized spacial score (nSPS) is 15.9. The molecule has 0 fully saturated rings. The highest BCUT2D eigenvalue weighted by atomic mass is 16.3. The molecular weight excluding hydrogens is 594 g/mol. The van der Waals surface area contributed by atoms with Crippen molar-refractivity contribution in [1.82, 2.24) is 25.4 Å². The molecule has 2 bridgehead atoms. The number of phenolic OH excluding ortho intramolecular Hbond substituents is 2. The van der Waals surface area contributed by atoms with Crippen molar-refractivity contribution in [3.8, 4) is 11.5 Å². The number of aromatic hydroxyl groups is 2. The van der Waals surface area contributed by atoms with E-state index in [4.69, 9.17) is 15.2 Å². The molecule has 1 aliphatic rings. The Hall–Kier alpha value is -4.11. The van der Waals surface area contributed by atoms with E-state index >= 15 is 0 Å². The third kappa shape index (κ3) is 9.22. The number of hydrogen-bond donors (Lipinski definition) is 8. The number of carbonyl (C=O) groups is 2. The fourth-order valence-electron chi connectivity index (χ4n) is 5.59. The van der Waals surface area contributed by atoms with E-state index in [1.165, 1.54) is 12.1 Å². The van der Waals surface area contributed by atoms with Crippen LogP contribution in [-0.4, -0.2) is 103 Å². The van der Waals surface area contributed by atoms with Crippen LogP contribution in [0.25, 0.3) is 0 Å². The summed E-state index contributed by atoms with van der Waals surface area (Å²) in [6.45, 7) is 5.40. The topological polar surface area (TPSA) is 199 Å². The first-order valence-corrected chi connectivity index (χ1v) is 15.2. The Morgan fingerprint density at radius 2 is 1.28 bits per heavy atom. The van der Waals surface area contributed by atoms with Gasteiger partial charge in [-0.1, -0.05) is 18.2 Å². The molecule has 13 nitrogen and oxygen atoms in total. The SMILES string of the molecule is Cc1cc(CN2CCCN(Cc3cc(C)cc(C(=O)NC(O)CO)c3O)Cc3cccc(n3)CC2)c(O)c(C(=O)NC(O)CO)c1. The Labute approximate surface area is 267 Å². The quantitative estimate of drug-likeness (QED) is 0.145. The van der Waals surface area contributed by atoms with Crippen molar-refractivity contribution < 1.29 is 40.2 Å². The van der Waals surface area contributed by atoms with Crippen LogP contribution in [0.15, 0.2) is 42.5 Å². The Kier molecular flexibility index (Phi) is 12.0. The molecule has 248 valence electrons. The number of carbonyl (C=O) groups excluding carboxylic acids is 2. The van der Waals surface area contributed by atoms with E-state index in [0.717, 1.165) is 28.9 Å². The van der Waals surface area contributed by atoms with E-state index < -0.39 is 37.5 Å². The Morgan fingerprint density at radius 3 is 1.83 bits per heavy atom. The molecule has 1 aromatic heterocycles. The number of pyridine rings is 1. The molecule has 0 aliphatic carbocycles. The lowest BCUT2D eigenvalue weighted by molar-refractivity contribution is 0.0540. The van der Waals surface area contributed by atoms with E-state index in [9.17, 15) is 30.0 Å². The molecule has 2 heterocycles. The minimum atomic E-state index is -1.45. The lowest BCUT2D eigenvalue weighted by Crippen LogP contribution is -2.37. The molecule has 0 radical (unpaired) electrons. The van der Waals surface area contributed by atoms with Gasteiger partial charge >= 0.3 is 0 Å². The summed E-state index contributed by atoms with van der Waals surface area (Å²) < 4.78 is 0. The molecule has 0 saturated heterocycles. The molecule has 13 heteroatoms. The standard InChI is InChI=1S/C33H43N5O8/c1-20-11-22(30(43)26(13-20)32(45)35-28(41)18-39)15-37-8-4-9-38(17-25-6-3-5-24(34-25)7-10-37)16-23-12-21(2)14-27(31(23)44)33(46)36-29(42)19-40/h3,5-6,11-14,28-29,39-44H,4,7-10,15-19H2,1-2H3,(H,35,45)(H,36,46). The minimum Gasteiger partial charge on any atom is -0.507 e. The van der Waals surface area contributed by atoms with Crippen LogP contribution in [0.5, 0.6) is 11.5 Å². The van der Waals surface area contributed by atoms with Gasteiger partial charge in [-0.3, -0.25) is 24.4 Å². The summed E-state index contributed by atoms with van der Waals surface area (Å²) in [5.74, 6) is -1.78. The van der Waals surface area contributed by atoms with Gasteiger partial charge in [0, 0.05) is 56.0 Å². The zero-order valence-corrected chi connectivity index (χ0v) is 26.1. The largest absolute Gasteiger partial charge is 0.507 e. The molecule has 8 N–H and O–H groups in total. The average Bonchev–Trinajstić information content (AvgIpc) is 3.04. The van der Waals surface area contributed by atoms with Crippen LogP contribution in [0.2, 0.25) is 0 Å². The number of rotatable bonds is 10. The number of aliphatic hydroxyl groups excluding tert-OH is 4. The molecule has 2 unspecified atom stereocenters. The minimum absolute atomic E-state index is 0.00328. The van der Waals surface area contributed by atoms with Gasteiger partial charge in [0.25, 0.3) is 11.8 Å². The first-order chi connectivity index (χ1) is 22.0. The summed E-state index contributed by atoms with van der Waals surface area (Å²) in [6, 6.07) is 12.5. The molecule has 46 heavy (non-hydrogen) atoms. The highest BCUT2D eigenvalue weighted by Gasteiger charge is 2.22. The molecule has 3 aromatic rings. The molecule has 2 amide bonds. The maximum atomic E-state index is 12.7. The number of fused-ring (bicyclic) bond motifs is 2. The number of aromatic nitrogens is 1. The van der Waals surface area contributed by atoms with E-state index in [-0.39, 0.29) is 22.6 Å². The van der Waals surface area contributed by atoms with E-state index in [2.05, 4.69) is 20.4 Å². The third-order valence-corrected chi connectivity index (χ3v) is 7.77. The van der Waals surface area contributed by atoms with Crippen molar-refractivity contribution in [2.45, 2.75) is 58.8 Å². The average molecular weight is 638 g/mol. The van der Waals surface area contributed by atoms with Gasteiger partial charge in [0.1, 0.15) is 24.0 Å². The molecular formula is C33H43N5O8. The van der Waals surface area contributed by atoms with Crippen molar-refractivity contribution in [3.05, 3.63) is 87.2 Å². The smallest absolute Gasteiger partial charge is 0.257 e. The molecule has 2 atom stereocenters. The highest BCUT2D eigenvalue weighted by Crippen LogP contribution is 2.28.